The fraction of sp³-hybridized carbons (Fsp3) is 0.875. The number of nitrogens with two attached hydrogens (primary N) is 1. The van der Waals surface area contributed by atoms with Crippen molar-refractivity contribution in [1.82, 2.24) is 4.90 Å². The first-order chi connectivity index (χ1) is 5.59. The lowest BCUT2D eigenvalue weighted by atomic mass is 10.2. The Labute approximate surface area is 72.3 Å². The summed E-state index contributed by atoms with van der Waals surface area (Å²) in [5.74, 6) is -0.274. The zero-order chi connectivity index (χ0) is 9.14. The third-order valence-corrected chi connectivity index (χ3v) is 2.33. The number of amides is 1. The van der Waals surface area contributed by atoms with Crippen molar-refractivity contribution in [1.29, 1.82) is 0 Å². The van der Waals surface area contributed by atoms with E-state index in [0.29, 0.717) is 25.6 Å². The summed E-state index contributed by atoms with van der Waals surface area (Å²) in [6.07, 6.45) is 0.961. The molecule has 1 amide bonds. The molecule has 0 aromatic rings. The molecule has 3 N–H and O–H groups in total. The highest BCUT2D eigenvalue weighted by Gasteiger charge is 2.26. The van der Waals surface area contributed by atoms with E-state index in [9.17, 15) is 9.90 Å². The van der Waals surface area contributed by atoms with E-state index < -0.39 is 0 Å². The van der Waals surface area contributed by atoms with Crippen molar-refractivity contribution < 1.29 is 9.90 Å². The fourth-order valence-corrected chi connectivity index (χ4v) is 1.63. The molecule has 0 aromatic carbocycles. The quantitative estimate of drug-likeness (QED) is 0.592. The molecule has 2 atom stereocenters. The third kappa shape index (κ3) is 2.46. The van der Waals surface area contributed by atoms with Gasteiger partial charge in [-0.3, -0.25) is 9.69 Å². The second kappa shape index (κ2) is 3.87. The molecule has 1 saturated heterocycles. The maximum absolute atomic E-state index is 10.5. The van der Waals surface area contributed by atoms with Gasteiger partial charge >= 0.3 is 0 Å². The van der Waals surface area contributed by atoms with Crippen molar-refractivity contribution in [2.24, 2.45) is 5.73 Å². The zero-order valence-corrected chi connectivity index (χ0v) is 7.36. The zero-order valence-electron chi connectivity index (χ0n) is 7.36. The van der Waals surface area contributed by atoms with Crippen LogP contribution in [0.2, 0.25) is 0 Å². The summed E-state index contributed by atoms with van der Waals surface area (Å²) in [7, 11) is 0. The number of aliphatic hydroxyl groups excluding tert-OH is 1. The molecule has 4 heteroatoms. The molecule has 1 aliphatic heterocycles. The van der Waals surface area contributed by atoms with E-state index in [2.05, 4.69) is 11.8 Å². The van der Waals surface area contributed by atoms with Gasteiger partial charge in [-0.2, -0.15) is 0 Å². The lowest BCUT2D eigenvalue weighted by molar-refractivity contribution is -0.118. The predicted molar refractivity (Wildman–Crippen MR) is 45.5 cm³/mol. The standard InChI is InChI=1S/C8H16N2O2/c1-6-4-7(11)5-10(6)3-2-8(9)12/h6-7,11H,2-5H2,1H3,(H2,9,12). The first-order valence-electron chi connectivity index (χ1n) is 4.30. The van der Waals surface area contributed by atoms with Crippen molar-refractivity contribution >= 4 is 5.91 Å². The van der Waals surface area contributed by atoms with Crippen molar-refractivity contribution in [2.45, 2.75) is 31.9 Å². The number of carbonyl (C=O) groups excluding carboxylic acids is 1. The van der Waals surface area contributed by atoms with Crippen LogP contribution in [0.5, 0.6) is 0 Å². The number of carbonyl (C=O) groups is 1. The summed E-state index contributed by atoms with van der Waals surface area (Å²) in [5.41, 5.74) is 5.02. The highest BCUT2D eigenvalue weighted by Crippen LogP contribution is 2.16. The fourth-order valence-electron chi connectivity index (χ4n) is 1.63. The van der Waals surface area contributed by atoms with Gasteiger partial charge in [0, 0.05) is 25.6 Å². The molecule has 1 aliphatic rings. The van der Waals surface area contributed by atoms with Crippen LogP contribution in [-0.2, 0) is 4.79 Å². The molecule has 0 saturated carbocycles. The Morgan fingerprint density at radius 1 is 1.75 bits per heavy atom. The molecule has 70 valence electrons. The topological polar surface area (TPSA) is 66.6 Å². The molecule has 0 aromatic heterocycles. The number of aliphatic hydroxyl groups is 1. The van der Waals surface area contributed by atoms with Gasteiger partial charge in [0.15, 0.2) is 0 Å². The summed E-state index contributed by atoms with van der Waals surface area (Å²) < 4.78 is 0. The molecular formula is C8H16N2O2. The predicted octanol–water partition coefficient (Wildman–Crippen LogP) is -0.683. The van der Waals surface area contributed by atoms with E-state index >= 15 is 0 Å². The summed E-state index contributed by atoms with van der Waals surface area (Å²) in [4.78, 5) is 12.6. The van der Waals surface area contributed by atoms with Crippen LogP contribution in [-0.4, -0.2) is 41.1 Å². The molecule has 1 rings (SSSR count). The van der Waals surface area contributed by atoms with E-state index in [1.807, 2.05) is 0 Å². The van der Waals surface area contributed by atoms with Crippen LogP contribution in [0.3, 0.4) is 0 Å². The molecular weight excluding hydrogens is 156 g/mol. The van der Waals surface area contributed by atoms with Crippen molar-refractivity contribution in [3.05, 3.63) is 0 Å². The summed E-state index contributed by atoms with van der Waals surface area (Å²) in [6, 6.07) is 0.374. The highest BCUT2D eigenvalue weighted by atomic mass is 16.3. The van der Waals surface area contributed by atoms with Crippen LogP contribution in [0.1, 0.15) is 19.8 Å². The molecule has 0 aliphatic carbocycles. The average molecular weight is 172 g/mol. The Balaban J connectivity index is 2.28. The Morgan fingerprint density at radius 3 is 2.83 bits per heavy atom. The first kappa shape index (κ1) is 9.48. The Morgan fingerprint density at radius 2 is 2.42 bits per heavy atom. The van der Waals surface area contributed by atoms with Gasteiger partial charge in [0.2, 0.25) is 5.91 Å². The third-order valence-electron chi connectivity index (χ3n) is 2.33. The normalized spacial score (nSPS) is 30.8. The Bertz CT molecular complexity index is 172. The van der Waals surface area contributed by atoms with Crippen LogP contribution in [0, 0.1) is 0 Å². The van der Waals surface area contributed by atoms with E-state index in [4.69, 9.17) is 5.73 Å². The summed E-state index contributed by atoms with van der Waals surface area (Å²) in [6.45, 7) is 3.40. The number of nitrogens with zero attached hydrogens (tertiary/aromatic N) is 1. The second-order valence-corrected chi connectivity index (χ2v) is 3.45. The Hall–Kier alpha value is -0.610. The average Bonchev–Trinajstić information content (AvgIpc) is 2.26. The van der Waals surface area contributed by atoms with Gasteiger partial charge in [-0.05, 0) is 13.3 Å². The SMILES string of the molecule is CC1CC(O)CN1CCC(N)=O. The number of rotatable bonds is 3. The van der Waals surface area contributed by atoms with Gasteiger partial charge in [-0.1, -0.05) is 0 Å². The van der Waals surface area contributed by atoms with Gasteiger partial charge in [0.1, 0.15) is 0 Å². The molecule has 1 heterocycles. The monoisotopic (exact) mass is 172 g/mol. The van der Waals surface area contributed by atoms with Gasteiger partial charge < -0.3 is 10.8 Å². The van der Waals surface area contributed by atoms with Crippen molar-refractivity contribution in [3.8, 4) is 0 Å². The van der Waals surface area contributed by atoms with Crippen LogP contribution < -0.4 is 5.73 Å². The molecule has 0 bridgehead atoms. The highest BCUT2D eigenvalue weighted by molar-refractivity contribution is 5.73. The molecule has 12 heavy (non-hydrogen) atoms. The summed E-state index contributed by atoms with van der Waals surface area (Å²) in [5, 5.41) is 9.28. The van der Waals surface area contributed by atoms with Crippen molar-refractivity contribution in [2.75, 3.05) is 13.1 Å². The summed E-state index contributed by atoms with van der Waals surface area (Å²) >= 11 is 0. The second-order valence-electron chi connectivity index (χ2n) is 3.45. The van der Waals surface area contributed by atoms with Crippen LogP contribution in [0.25, 0.3) is 0 Å². The van der Waals surface area contributed by atoms with Crippen molar-refractivity contribution in [3.63, 3.8) is 0 Å². The largest absolute Gasteiger partial charge is 0.392 e. The minimum atomic E-state index is -0.274. The van der Waals surface area contributed by atoms with E-state index in [0.717, 1.165) is 6.42 Å². The van der Waals surface area contributed by atoms with Gasteiger partial charge in [-0.15, -0.1) is 0 Å². The van der Waals surface area contributed by atoms with Gasteiger partial charge in [0.25, 0.3) is 0 Å². The maximum atomic E-state index is 10.5. The van der Waals surface area contributed by atoms with E-state index in [1.54, 1.807) is 0 Å². The smallest absolute Gasteiger partial charge is 0.218 e. The van der Waals surface area contributed by atoms with Crippen LogP contribution >= 0.6 is 0 Å². The lowest BCUT2D eigenvalue weighted by Crippen LogP contribution is -2.31. The molecule has 1 fully saturated rings. The van der Waals surface area contributed by atoms with Gasteiger partial charge in [0.05, 0.1) is 6.10 Å². The molecule has 0 radical (unpaired) electrons. The molecule has 0 spiro atoms. The number of hydrogen-bond donors (Lipinski definition) is 2. The van der Waals surface area contributed by atoms with Gasteiger partial charge in [-0.25, -0.2) is 0 Å². The van der Waals surface area contributed by atoms with Crippen LogP contribution in [0.4, 0.5) is 0 Å². The lowest BCUT2D eigenvalue weighted by Gasteiger charge is -2.19. The number of primary amides is 1. The minimum absolute atomic E-state index is 0.229. The van der Waals surface area contributed by atoms with Crippen LogP contribution in [0.15, 0.2) is 0 Å². The Kier molecular flexibility index (Phi) is 3.05. The number of hydrogen-bond acceptors (Lipinski definition) is 3. The number of β-amino-alcohol motifs (C(OH)–C–C–N with tert-alkyl or cyclic N) is 1. The van der Waals surface area contributed by atoms with E-state index in [1.165, 1.54) is 0 Å². The molecule has 4 nitrogen and oxygen atoms in total. The van der Waals surface area contributed by atoms with E-state index in [-0.39, 0.29) is 12.0 Å². The maximum Gasteiger partial charge on any atom is 0.218 e. The number of likely N-dealkylation sites (tertiary alicyclic amines) is 1. The minimum Gasteiger partial charge on any atom is -0.392 e. The first-order valence-corrected chi connectivity index (χ1v) is 4.30. The molecule has 2 unspecified atom stereocenters.